The van der Waals surface area contributed by atoms with E-state index in [2.05, 4.69) is 18.5 Å². The van der Waals surface area contributed by atoms with Crippen LogP contribution in [0.15, 0.2) is 79.6 Å². The second-order valence-electron chi connectivity index (χ2n) is 8.35. The standard InChI is InChI=1S/C27H26N4O2/c1-3-25(32)30-15-7-8-21(30)18-31-27-19(2)16-28-17-24(27)26(29-31)20-11-13-23(14-12-20)33-22-9-5-4-6-10-22/h3-6,9-14,16-17,21H,1,7-8,15,18H2,2H3. The number of pyridine rings is 1. The number of carbonyl (C=O) groups is 1. The Hall–Kier alpha value is -3.93. The average Bonchev–Trinajstić information content (AvgIpc) is 3.46. The molecule has 166 valence electrons. The van der Waals surface area contributed by atoms with E-state index >= 15 is 0 Å². The first-order chi connectivity index (χ1) is 16.1. The van der Waals surface area contributed by atoms with Crippen molar-refractivity contribution in [1.82, 2.24) is 19.7 Å². The van der Waals surface area contributed by atoms with Gasteiger partial charge in [0, 0.05) is 29.9 Å². The lowest BCUT2D eigenvalue weighted by atomic mass is 10.1. The lowest BCUT2D eigenvalue weighted by Gasteiger charge is -2.23. The van der Waals surface area contributed by atoms with Gasteiger partial charge in [-0.15, -0.1) is 0 Å². The van der Waals surface area contributed by atoms with Crippen molar-refractivity contribution in [2.75, 3.05) is 6.54 Å². The molecular weight excluding hydrogens is 412 g/mol. The third-order valence-electron chi connectivity index (χ3n) is 6.16. The minimum atomic E-state index is -0.0124. The summed E-state index contributed by atoms with van der Waals surface area (Å²) in [5.41, 5.74) is 4.00. The van der Waals surface area contributed by atoms with Gasteiger partial charge in [-0.25, -0.2) is 0 Å². The number of hydrogen-bond donors (Lipinski definition) is 0. The highest BCUT2D eigenvalue weighted by Crippen LogP contribution is 2.32. The summed E-state index contributed by atoms with van der Waals surface area (Å²) in [6, 6.07) is 17.8. The van der Waals surface area contributed by atoms with Crippen LogP contribution < -0.4 is 4.74 Å². The number of carbonyl (C=O) groups excluding carboxylic acids is 1. The minimum Gasteiger partial charge on any atom is -0.457 e. The molecule has 1 aliphatic rings. The number of hydrogen-bond acceptors (Lipinski definition) is 4. The zero-order valence-corrected chi connectivity index (χ0v) is 18.6. The van der Waals surface area contributed by atoms with Gasteiger partial charge in [0.2, 0.25) is 5.91 Å². The smallest absolute Gasteiger partial charge is 0.246 e. The highest BCUT2D eigenvalue weighted by molar-refractivity contribution is 5.94. The molecule has 0 aliphatic carbocycles. The molecular formula is C27H26N4O2. The van der Waals surface area contributed by atoms with Crippen LogP contribution in [-0.4, -0.2) is 38.2 Å². The van der Waals surface area contributed by atoms with Crippen molar-refractivity contribution < 1.29 is 9.53 Å². The molecule has 33 heavy (non-hydrogen) atoms. The Morgan fingerprint density at radius 1 is 1.12 bits per heavy atom. The highest BCUT2D eigenvalue weighted by atomic mass is 16.5. The molecule has 4 aromatic rings. The summed E-state index contributed by atoms with van der Waals surface area (Å²) < 4.78 is 7.97. The average molecular weight is 439 g/mol. The number of nitrogens with zero attached hydrogens (tertiary/aromatic N) is 4. The molecule has 1 fully saturated rings. The van der Waals surface area contributed by atoms with E-state index in [4.69, 9.17) is 9.84 Å². The van der Waals surface area contributed by atoms with Gasteiger partial charge >= 0.3 is 0 Å². The number of rotatable bonds is 6. The number of likely N-dealkylation sites (tertiary alicyclic amines) is 1. The zero-order chi connectivity index (χ0) is 22.8. The molecule has 1 atom stereocenters. The third kappa shape index (κ3) is 4.12. The lowest BCUT2D eigenvalue weighted by Crippen LogP contribution is -2.37. The van der Waals surface area contributed by atoms with Gasteiger partial charge in [0.15, 0.2) is 0 Å². The molecule has 2 aromatic heterocycles. The highest BCUT2D eigenvalue weighted by Gasteiger charge is 2.29. The Bertz CT molecular complexity index is 1300. The van der Waals surface area contributed by atoms with Crippen LogP contribution in [0.4, 0.5) is 0 Å². The van der Waals surface area contributed by atoms with E-state index in [0.29, 0.717) is 6.54 Å². The van der Waals surface area contributed by atoms with Crippen LogP contribution in [0.2, 0.25) is 0 Å². The van der Waals surface area contributed by atoms with Gasteiger partial charge in [-0.3, -0.25) is 14.5 Å². The fourth-order valence-corrected chi connectivity index (χ4v) is 4.58. The summed E-state index contributed by atoms with van der Waals surface area (Å²) in [6.45, 7) is 7.12. The number of para-hydroxylation sites is 1. The maximum Gasteiger partial charge on any atom is 0.246 e. The fourth-order valence-electron chi connectivity index (χ4n) is 4.58. The number of aryl methyl sites for hydroxylation is 1. The third-order valence-corrected chi connectivity index (χ3v) is 6.16. The normalized spacial score (nSPS) is 15.7. The van der Waals surface area contributed by atoms with E-state index in [0.717, 1.165) is 58.6 Å². The molecule has 0 radical (unpaired) electrons. The van der Waals surface area contributed by atoms with E-state index in [1.165, 1.54) is 6.08 Å². The summed E-state index contributed by atoms with van der Waals surface area (Å²) in [6.07, 6.45) is 7.10. The largest absolute Gasteiger partial charge is 0.457 e. The van der Waals surface area contributed by atoms with Gasteiger partial charge < -0.3 is 9.64 Å². The lowest BCUT2D eigenvalue weighted by molar-refractivity contribution is -0.127. The SMILES string of the molecule is C=CC(=O)N1CCCC1Cn1nc(-c2ccc(Oc3ccccc3)cc2)c2cncc(C)c21. The van der Waals surface area contributed by atoms with Crippen molar-refractivity contribution in [3.05, 3.63) is 85.2 Å². The molecule has 0 spiro atoms. The Morgan fingerprint density at radius 3 is 2.64 bits per heavy atom. The predicted molar refractivity (Wildman–Crippen MR) is 129 cm³/mol. The van der Waals surface area contributed by atoms with Gasteiger partial charge in [-0.2, -0.15) is 5.10 Å². The topological polar surface area (TPSA) is 60.2 Å². The predicted octanol–water partition coefficient (Wildman–Crippen LogP) is 5.38. The first kappa shape index (κ1) is 20.9. The quantitative estimate of drug-likeness (QED) is 0.380. The van der Waals surface area contributed by atoms with Crippen LogP contribution in [0.1, 0.15) is 18.4 Å². The van der Waals surface area contributed by atoms with E-state index in [-0.39, 0.29) is 11.9 Å². The van der Waals surface area contributed by atoms with E-state index in [1.807, 2.05) is 76.6 Å². The maximum absolute atomic E-state index is 12.3. The summed E-state index contributed by atoms with van der Waals surface area (Å²) in [5.74, 6) is 1.56. The molecule has 1 unspecified atom stereocenters. The van der Waals surface area contributed by atoms with E-state index in [9.17, 15) is 4.79 Å². The van der Waals surface area contributed by atoms with Crippen LogP contribution in [0.3, 0.4) is 0 Å². The summed E-state index contributed by atoms with van der Waals surface area (Å²) in [5, 5.41) is 6.00. The zero-order valence-electron chi connectivity index (χ0n) is 18.6. The fraction of sp³-hybridized carbons (Fsp3) is 0.222. The van der Waals surface area contributed by atoms with Crippen molar-refractivity contribution in [3.63, 3.8) is 0 Å². The Morgan fingerprint density at radius 2 is 1.88 bits per heavy atom. The monoisotopic (exact) mass is 438 g/mol. The molecule has 0 N–H and O–H groups in total. The van der Waals surface area contributed by atoms with Crippen molar-refractivity contribution >= 4 is 16.8 Å². The molecule has 6 heteroatoms. The maximum atomic E-state index is 12.3. The second kappa shape index (κ2) is 8.90. The molecule has 1 amide bonds. The van der Waals surface area contributed by atoms with Gasteiger partial charge in [-0.1, -0.05) is 24.8 Å². The second-order valence-corrected chi connectivity index (χ2v) is 8.35. The molecule has 6 nitrogen and oxygen atoms in total. The minimum absolute atomic E-state index is 0.0124. The molecule has 0 bridgehead atoms. The number of ether oxygens (including phenoxy) is 1. The van der Waals surface area contributed by atoms with E-state index < -0.39 is 0 Å². The molecule has 3 heterocycles. The number of aromatic nitrogens is 3. The summed E-state index contributed by atoms with van der Waals surface area (Å²) in [4.78, 5) is 18.6. The van der Waals surface area contributed by atoms with Crippen LogP contribution in [0, 0.1) is 6.92 Å². The molecule has 1 aliphatic heterocycles. The van der Waals surface area contributed by atoms with Gasteiger partial charge in [-0.05, 0) is 67.8 Å². The van der Waals surface area contributed by atoms with E-state index in [1.54, 1.807) is 0 Å². The molecule has 2 aromatic carbocycles. The molecule has 0 saturated carbocycles. The molecule has 5 rings (SSSR count). The Labute approximate surface area is 193 Å². The summed E-state index contributed by atoms with van der Waals surface area (Å²) >= 11 is 0. The van der Waals surface area contributed by atoms with Crippen molar-refractivity contribution in [1.29, 1.82) is 0 Å². The molecule has 1 saturated heterocycles. The Kier molecular flexibility index (Phi) is 5.65. The van der Waals surface area contributed by atoms with Crippen molar-refractivity contribution in [2.24, 2.45) is 0 Å². The van der Waals surface area contributed by atoms with Crippen molar-refractivity contribution in [3.8, 4) is 22.8 Å². The van der Waals surface area contributed by atoms with Crippen LogP contribution in [0.25, 0.3) is 22.2 Å². The number of fused-ring (bicyclic) bond motifs is 1. The van der Waals surface area contributed by atoms with Gasteiger partial charge in [0.1, 0.15) is 17.2 Å². The number of amides is 1. The Balaban J connectivity index is 1.47. The summed E-state index contributed by atoms with van der Waals surface area (Å²) in [7, 11) is 0. The number of benzene rings is 2. The first-order valence-electron chi connectivity index (χ1n) is 11.2. The van der Waals surface area contributed by atoms with Crippen LogP contribution in [-0.2, 0) is 11.3 Å². The van der Waals surface area contributed by atoms with Gasteiger partial charge in [0.05, 0.1) is 18.1 Å². The van der Waals surface area contributed by atoms with Gasteiger partial charge in [0.25, 0.3) is 0 Å². The first-order valence-corrected chi connectivity index (χ1v) is 11.2. The van der Waals surface area contributed by atoms with Crippen molar-refractivity contribution in [2.45, 2.75) is 32.4 Å². The van der Waals surface area contributed by atoms with Crippen LogP contribution in [0.5, 0.6) is 11.5 Å². The van der Waals surface area contributed by atoms with Crippen LogP contribution >= 0.6 is 0 Å².